The van der Waals surface area contributed by atoms with Crippen molar-refractivity contribution in [2.24, 2.45) is 0 Å². The van der Waals surface area contributed by atoms with Crippen LogP contribution >= 0.6 is 12.2 Å². The molecule has 2 aliphatic rings. The van der Waals surface area contributed by atoms with Crippen molar-refractivity contribution in [1.82, 2.24) is 21.3 Å². The van der Waals surface area contributed by atoms with Crippen LogP contribution in [0.25, 0.3) is 0 Å². The molecule has 2 fully saturated rings. The Morgan fingerprint density at radius 2 is 1.31 bits per heavy atom. The lowest BCUT2D eigenvalue weighted by molar-refractivity contribution is 0.460. The third-order valence-electron chi connectivity index (χ3n) is 3.14. The summed E-state index contributed by atoms with van der Waals surface area (Å²) in [6.07, 6.45) is 0.257. The molecule has 0 amide bonds. The van der Waals surface area contributed by atoms with Crippen LogP contribution in [0.3, 0.4) is 0 Å². The topological polar surface area (TPSA) is 48.1 Å². The monoisotopic (exact) mass is 242 g/mol. The fraction of sp³-hybridized carbons (Fsp3) is 0.909. The van der Waals surface area contributed by atoms with Crippen molar-refractivity contribution in [3.05, 3.63) is 0 Å². The van der Waals surface area contributed by atoms with Gasteiger partial charge < -0.3 is 0 Å². The van der Waals surface area contributed by atoms with E-state index in [9.17, 15) is 0 Å². The molecule has 5 heteroatoms. The first-order chi connectivity index (χ1) is 7.29. The molecule has 2 aliphatic heterocycles. The second-order valence-corrected chi connectivity index (χ2v) is 6.56. The van der Waals surface area contributed by atoms with E-state index in [1.54, 1.807) is 0 Å². The molecule has 4 N–H and O–H groups in total. The van der Waals surface area contributed by atoms with Crippen LogP contribution in [0.4, 0.5) is 0 Å². The molecule has 16 heavy (non-hydrogen) atoms. The SMILES string of the molecule is CC1(C)CNC(C(=S)C2NCC(C)(C)N2)N1. The minimum Gasteiger partial charge on any atom is -0.296 e. The van der Waals surface area contributed by atoms with Crippen LogP contribution in [0.2, 0.25) is 0 Å². The van der Waals surface area contributed by atoms with Crippen molar-refractivity contribution >= 4 is 17.1 Å². The van der Waals surface area contributed by atoms with E-state index in [1.807, 2.05) is 0 Å². The molecular weight excluding hydrogens is 220 g/mol. The van der Waals surface area contributed by atoms with Gasteiger partial charge in [-0.2, -0.15) is 0 Å². The van der Waals surface area contributed by atoms with Gasteiger partial charge in [0.25, 0.3) is 0 Å². The maximum absolute atomic E-state index is 5.53. The Morgan fingerprint density at radius 1 is 0.938 bits per heavy atom. The minimum atomic E-state index is 0.128. The van der Waals surface area contributed by atoms with Gasteiger partial charge >= 0.3 is 0 Å². The lowest BCUT2D eigenvalue weighted by atomic mass is 10.1. The van der Waals surface area contributed by atoms with Gasteiger partial charge in [0.1, 0.15) is 0 Å². The van der Waals surface area contributed by atoms with Crippen LogP contribution in [0, 0.1) is 0 Å². The first-order valence-electron chi connectivity index (χ1n) is 5.85. The summed E-state index contributed by atoms with van der Waals surface area (Å²) in [5, 5.41) is 13.8. The van der Waals surface area contributed by atoms with E-state index < -0.39 is 0 Å². The van der Waals surface area contributed by atoms with Gasteiger partial charge in [-0.3, -0.25) is 21.3 Å². The van der Waals surface area contributed by atoms with Gasteiger partial charge in [-0.05, 0) is 27.7 Å². The Kier molecular flexibility index (Phi) is 3.09. The smallest absolute Gasteiger partial charge is 0.0934 e. The Hall–Kier alpha value is -0.0700. The summed E-state index contributed by atoms with van der Waals surface area (Å²) in [6, 6.07) is 0. The predicted molar refractivity (Wildman–Crippen MR) is 70.6 cm³/mol. The molecule has 2 saturated heterocycles. The zero-order valence-corrected chi connectivity index (χ0v) is 11.3. The van der Waals surface area contributed by atoms with Crippen LogP contribution in [-0.2, 0) is 0 Å². The van der Waals surface area contributed by atoms with Gasteiger partial charge in [0.15, 0.2) is 0 Å². The molecule has 0 aromatic heterocycles. The summed E-state index contributed by atoms with van der Waals surface area (Å²) in [5.41, 5.74) is 0.256. The first-order valence-corrected chi connectivity index (χ1v) is 6.26. The number of rotatable bonds is 2. The number of hydrogen-bond donors (Lipinski definition) is 4. The van der Waals surface area contributed by atoms with E-state index in [4.69, 9.17) is 12.2 Å². The first kappa shape index (κ1) is 12.4. The minimum absolute atomic E-state index is 0.128. The van der Waals surface area contributed by atoms with Gasteiger partial charge in [0.05, 0.1) is 17.2 Å². The summed E-state index contributed by atoms with van der Waals surface area (Å²) >= 11 is 5.53. The molecular formula is C11H22N4S. The van der Waals surface area contributed by atoms with Gasteiger partial charge in [0, 0.05) is 24.2 Å². The quantitative estimate of drug-likeness (QED) is 0.512. The zero-order valence-electron chi connectivity index (χ0n) is 10.5. The van der Waals surface area contributed by atoms with Crippen LogP contribution in [0.1, 0.15) is 27.7 Å². The van der Waals surface area contributed by atoms with Gasteiger partial charge in [-0.1, -0.05) is 12.2 Å². The highest BCUT2D eigenvalue weighted by Crippen LogP contribution is 2.14. The third kappa shape index (κ3) is 2.60. The Bertz CT molecular complexity index is 272. The van der Waals surface area contributed by atoms with Crippen molar-refractivity contribution in [3.63, 3.8) is 0 Å². The van der Waals surface area contributed by atoms with Crippen molar-refractivity contribution in [2.45, 2.75) is 51.1 Å². The van der Waals surface area contributed by atoms with Crippen LogP contribution < -0.4 is 21.3 Å². The predicted octanol–water partition coefficient (Wildman–Crippen LogP) is -0.0487. The average molecular weight is 242 g/mol. The summed E-state index contributed by atoms with van der Waals surface area (Å²) in [6.45, 7) is 10.6. The van der Waals surface area contributed by atoms with Crippen molar-refractivity contribution in [2.75, 3.05) is 13.1 Å². The molecule has 2 heterocycles. The molecule has 0 radical (unpaired) electrons. The van der Waals surface area contributed by atoms with E-state index in [0.717, 1.165) is 18.0 Å². The normalized spacial score (nSPS) is 36.5. The molecule has 0 aromatic rings. The number of thiocarbonyl (C=S) groups is 1. The zero-order chi connectivity index (χ0) is 12.0. The molecule has 0 aliphatic carbocycles. The van der Waals surface area contributed by atoms with Crippen LogP contribution in [-0.4, -0.2) is 41.4 Å². The van der Waals surface area contributed by atoms with E-state index >= 15 is 0 Å². The lowest BCUT2D eigenvalue weighted by Gasteiger charge is -2.24. The third-order valence-corrected chi connectivity index (χ3v) is 3.61. The number of nitrogens with one attached hydrogen (secondary N) is 4. The summed E-state index contributed by atoms with van der Waals surface area (Å²) in [7, 11) is 0. The highest BCUT2D eigenvalue weighted by atomic mass is 32.1. The molecule has 0 aromatic carbocycles. The highest BCUT2D eigenvalue weighted by Gasteiger charge is 2.38. The summed E-state index contributed by atoms with van der Waals surface area (Å²) in [5.74, 6) is 0. The molecule has 0 saturated carbocycles. The fourth-order valence-corrected chi connectivity index (χ4v) is 2.49. The van der Waals surface area contributed by atoms with Gasteiger partial charge in [-0.25, -0.2) is 0 Å². The average Bonchev–Trinajstić information content (AvgIpc) is 2.68. The second-order valence-electron chi connectivity index (χ2n) is 6.09. The van der Waals surface area contributed by atoms with Crippen molar-refractivity contribution in [3.8, 4) is 0 Å². The fourth-order valence-electron chi connectivity index (χ4n) is 2.21. The van der Waals surface area contributed by atoms with Crippen molar-refractivity contribution in [1.29, 1.82) is 0 Å². The van der Waals surface area contributed by atoms with Crippen molar-refractivity contribution < 1.29 is 0 Å². The second kappa shape index (κ2) is 3.99. The Balaban J connectivity index is 1.95. The van der Waals surface area contributed by atoms with E-state index in [2.05, 4.69) is 49.0 Å². The molecule has 2 unspecified atom stereocenters. The molecule has 0 spiro atoms. The molecule has 92 valence electrons. The van der Waals surface area contributed by atoms with E-state index in [-0.39, 0.29) is 23.4 Å². The molecule has 2 atom stereocenters. The van der Waals surface area contributed by atoms with Crippen LogP contribution in [0.15, 0.2) is 0 Å². The van der Waals surface area contributed by atoms with E-state index in [0.29, 0.717) is 0 Å². The molecule has 0 bridgehead atoms. The number of hydrogen-bond acceptors (Lipinski definition) is 5. The van der Waals surface area contributed by atoms with Gasteiger partial charge in [-0.15, -0.1) is 0 Å². The lowest BCUT2D eigenvalue weighted by Crippen LogP contribution is -2.54. The summed E-state index contributed by atoms with van der Waals surface area (Å²) in [4.78, 5) is 0.983. The van der Waals surface area contributed by atoms with Gasteiger partial charge in [0.2, 0.25) is 0 Å². The highest BCUT2D eigenvalue weighted by molar-refractivity contribution is 7.80. The summed E-state index contributed by atoms with van der Waals surface area (Å²) < 4.78 is 0. The van der Waals surface area contributed by atoms with E-state index in [1.165, 1.54) is 0 Å². The Labute approximate surface area is 103 Å². The van der Waals surface area contributed by atoms with Crippen LogP contribution in [0.5, 0.6) is 0 Å². The maximum Gasteiger partial charge on any atom is 0.0934 e. The standard InChI is InChI=1S/C11H22N4S/c1-10(2)5-12-8(14-10)7(16)9-13-6-11(3,4)15-9/h8-9,12-15H,5-6H2,1-4H3. The largest absolute Gasteiger partial charge is 0.296 e. The maximum atomic E-state index is 5.53. The molecule has 2 rings (SSSR count). The molecule has 4 nitrogen and oxygen atoms in total. The Morgan fingerprint density at radius 3 is 1.56 bits per heavy atom.